The topological polar surface area (TPSA) is 53.1 Å². The quantitative estimate of drug-likeness (QED) is 0.942. The first-order valence-corrected chi connectivity index (χ1v) is 7.19. The number of rotatable bonds is 3. The van der Waals surface area contributed by atoms with Gasteiger partial charge in [-0.25, -0.2) is 9.37 Å². The molecule has 1 aliphatic carbocycles. The van der Waals surface area contributed by atoms with Crippen molar-refractivity contribution in [2.45, 2.75) is 34.2 Å². The number of hydrogen-bond acceptors (Lipinski definition) is 3. The molecule has 2 N–H and O–H groups in total. The summed E-state index contributed by atoms with van der Waals surface area (Å²) in [6, 6.07) is 3.06. The van der Waals surface area contributed by atoms with Crippen LogP contribution in [-0.4, -0.2) is 16.7 Å². The van der Waals surface area contributed by atoms with Crippen molar-refractivity contribution >= 4 is 17.0 Å². The Balaban J connectivity index is 2.05. The number of aromatic nitrogens is 2. The van der Waals surface area contributed by atoms with Crippen LogP contribution in [0.1, 0.15) is 27.7 Å². The molecule has 1 aliphatic rings. The van der Waals surface area contributed by atoms with E-state index in [9.17, 15) is 4.39 Å². The molecule has 0 bridgehead atoms. The average molecular weight is 291 g/mol. The first-order chi connectivity index (χ1) is 9.70. The molecular formula is C16H22FN3O. The van der Waals surface area contributed by atoms with Crippen LogP contribution in [0.3, 0.4) is 0 Å². The van der Waals surface area contributed by atoms with Gasteiger partial charge >= 0.3 is 0 Å². The Morgan fingerprint density at radius 2 is 1.90 bits per heavy atom. The van der Waals surface area contributed by atoms with E-state index < -0.39 is 5.82 Å². The van der Waals surface area contributed by atoms with Crippen molar-refractivity contribution in [2.24, 2.45) is 16.7 Å². The molecule has 0 atom stereocenters. The maximum atomic E-state index is 13.8. The van der Waals surface area contributed by atoms with Gasteiger partial charge in [-0.15, -0.1) is 0 Å². The van der Waals surface area contributed by atoms with Crippen LogP contribution in [0.2, 0.25) is 0 Å². The fraction of sp³-hybridized carbons (Fsp3) is 0.562. The normalized spacial score (nSPS) is 19.9. The van der Waals surface area contributed by atoms with E-state index in [0.29, 0.717) is 17.4 Å². The van der Waals surface area contributed by atoms with Gasteiger partial charge in [-0.3, -0.25) is 0 Å². The van der Waals surface area contributed by atoms with Gasteiger partial charge in [0.25, 0.3) is 0 Å². The fourth-order valence-electron chi connectivity index (χ4n) is 3.47. The van der Waals surface area contributed by atoms with Crippen LogP contribution in [0.4, 0.5) is 10.3 Å². The predicted molar refractivity (Wildman–Crippen MR) is 81.7 cm³/mol. The Hall–Kier alpha value is -1.78. The van der Waals surface area contributed by atoms with Crippen LogP contribution in [0, 0.1) is 22.6 Å². The number of fused-ring (bicyclic) bond motifs is 1. The number of ether oxygens (including phenoxy) is 1. The summed E-state index contributed by atoms with van der Waals surface area (Å²) in [5.74, 6) is 0.747. The minimum absolute atomic E-state index is 0.220. The third-order valence-corrected chi connectivity index (χ3v) is 5.74. The summed E-state index contributed by atoms with van der Waals surface area (Å²) in [4.78, 5) is 4.27. The van der Waals surface area contributed by atoms with Gasteiger partial charge in [-0.05, 0) is 16.7 Å². The number of nitrogens with two attached hydrogens (primary N) is 1. The molecule has 1 saturated carbocycles. The zero-order valence-corrected chi connectivity index (χ0v) is 13.2. The number of nitrogens with zero attached hydrogens (tertiary/aromatic N) is 2. The highest BCUT2D eigenvalue weighted by atomic mass is 19.1. The van der Waals surface area contributed by atoms with E-state index in [0.717, 1.165) is 12.1 Å². The second-order valence-electron chi connectivity index (χ2n) is 7.05. The molecule has 21 heavy (non-hydrogen) atoms. The molecular weight excluding hydrogens is 269 g/mol. The smallest absolute Gasteiger partial charge is 0.201 e. The molecule has 0 spiro atoms. The monoisotopic (exact) mass is 291 g/mol. The summed E-state index contributed by atoms with van der Waals surface area (Å²) < 4.78 is 20.8. The molecule has 1 heterocycles. The van der Waals surface area contributed by atoms with E-state index in [-0.39, 0.29) is 16.6 Å². The maximum absolute atomic E-state index is 13.8. The zero-order chi connectivity index (χ0) is 15.6. The Kier molecular flexibility index (Phi) is 2.78. The predicted octanol–water partition coefficient (Wildman–Crippen LogP) is 3.45. The second-order valence-corrected chi connectivity index (χ2v) is 7.05. The van der Waals surface area contributed by atoms with Crippen molar-refractivity contribution in [1.29, 1.82) is 0 Å². The minimum atomic E-state index is -0.415. The van der Waals surface area contributed by atoms with Gasteiger partial charge < -0.3 is 15.0 Å². The van der Waals surface area contributed by atoms with Crippen LogP contribution >= 0.6 is 0 Å². The zero-order valence-electron chi connectivity index (χ0n) is 13.2. The summed E-state index contributed by atoms with van der Waals surface area (Å²) in [7, 11) is 1.46. The summed E-state index contributed by atoms with van der Waals surface area (Å²) in [6.45, 7) is 9.87. The molecule has 5 heteroatoms. The summed E-state index contributed by atoms with van der Waals surface area (Å²) in [5, 5.41) is 0. The van der Waals surface area contributed by atoms with Crippen molar-refractivity contribution in [3.8, 4) is 5.75 Å². The molecule has 1 aromatic carbocycles. The largest absolute Gasteiger partial charge is 0.494 e. The SMILES string of the molecule is COc1cc2c(cc1F)nc(N)n2CC1C(C)(C)C1(C)C. The van der Waals surface area contributed by atoms with E-state index in [4.69, 9.17) is 10.5 Å². The van der Waals surface area contributed by atoms with Gasteiger partial charge in [0.2, 0.25) is 5.95 Å². The third-order valence-electron chi connectivity index (χ3n) is 5.74. The fourth-order valence-corrected chi connectivity index (χ4v) is 3.47. The standard InChI is InChI=1S/C16H22FN3O/c1-15(2)13(16(15,3)4)8-20-11-7-12(21-5)9(17)6-10(11)19-14(20)18/h6-7,13H,8H2,1-5H3,(H2,18,19). The highest BCUT2D eigenvalue weighted by molar-refractivity contribution is 5.80. The Morgan fingerprint density at radius 3 is 2.43 bits per heavy atom. The second kappa shape index (κ2) is 4.12. The highest BCUT2D eigenvalue weighted by Gasteiger charge is 2.64. The van der Waals surface area contributed by atoms with Crippen molar-refractivity contribution in [1.82, 2.24) is 9.55 Å². The van der Waals surface area contributed by atoms with E-state index in [1.165, 1.54) is 13.2 Å². The number of benzene rings is 1. The maximum Gasteiger partial charge on any atom is 0.201 e. The summed E-state index contributed by atoms with van der Waals surface area (Å²) in [5.41, 5.74) is 7.96. The highest BCUT2D eigenvalue weighted by Crippen LogP contribution is 2.69. The van der Waals surface area contributed by atoms with Gasteiger partial charge in [-0.2, -0.15) is 0 Å². The summed E-state index contributed by atoms with van der Waals surface area (Å²) >= 11 is 0. The lowest BCUT2D eigenvalue weighted by atomic mass is 10.0. The molecule has 3 rings (SSSR count). The number of methoxy groups -OCH3 is 1. The van der Waals surface area contributed by atoms with E-state index in [1.807, 2.05) is 4.57 Å². The van der Waals surface area contributed by atoms with E-state index >= 15 is 0 Å². The average Bonchev–Trinajstić information content (AvgIpc) is 2.65. The molecule has 2 aromatic rings. The lowest BCUT2D eigenvalue weighted by Crippen LogP contribution is -2.08. The third kappa shape index (κ3) is 1.83. The van der Waals surface area contributed by atoms with Crippen molar-refractivity contribution < 1.29 is 9.13 Å². The molecule has 4 nitrogen and oxygen atoms in total. The molecule has 0 unspecified atom stereocenters. The van der Waals surface area contributed by atoms with Crippen LogP contribution < -0.4 is 10.5 Å². The van der Waals surface area contributed by atoms with Crippen molar-refractivity contribution in [3.63, 3.8) is 0 Å². The molecule has 114 valence electrons. The first kappa shape index (κ1) is 14.2. The van der Waals surface area contributed by atoms with E-state index in [2.05, 4.69) is 32.7 Å². The van der Waals surface area contributed by atoms with Gasteiger partial charge in [-0.1, -0.05) is 27.7 Å². The molecule has 1 aromatic heterocycles. The molecule has 0 amide bonds. The molecule has 0 radical (unpaired) electrons. The van der Waals surface area contributed by atoms with Gasteiger partial charge in [0.05, 0.1) is 18.1 Å². The number of hydrogen-bond donors (Lipinski definition) is 1. The number of imidazole rings is 1. The Labute approximate surface area is 124 Å². The minimum Gasteiger partial charge on any atom is -0.494 e. The number of anilines is 1. The Morgan fingerprint density at radius 1 is 1.29 bits per heavy atom. The van der Waals surface area contributed by atoms with Crippen molar-refractivity contribution in [3.05, 3.63) is 17.9 Å². The number of nitrogen functional groups attached to an aromatic ring is 1. The van der Waals surface area contributed by atoms with Gasteiger partial charge in [0.15, 0.2) is 11.6 Å². The van der Waals surface area contributed by atoms with Crippen LogP contribution in [0.15, 0.2) is 12.1 Å². The summed E-state index contributed by atoms with van der Waals surface area (Å²) in [6.07, 6.45) is 0. The lowest BCUT2D eigenvalue weighted by Gasteiger charge is -2.09. The number of halogens is 1. The molecule has 1 fully saturated rings. The van der Waals surface area contributed by atoms with Gasteiger partial charge in [0, 0.05) is 18.7 Å². The Bertz CT molecular complexity index is 704. The van der Waals surface area contributed by atoms with Crippen LogP contribution in [0.25, 0.3) is 11.0 Å². The molecule has 0 aliphatic heterocycles. The van der Waals surface area contributed by atoms with Crippen LogP contribution in [0.5, 0.6) is 5.75 Å². The van der Waals surface area contributed by atoms with Crippen LogP contribution in [-0.2, 0) is 6.54 Å². The van der Waals surface area contributed by atoms with Crippen molar-refractivity contribution in [2.75, 3.05) is 12.8 Å². The first-order valence-electron chi connectivity index (χ1n) is 7.19. The lowest BCUT2D eigenvalue weighted by molar-refractivity contribution is 0.387. The molecule has 0 saturated heterocycles. The van der Waals surface area contributed by atoms with E-state index in [1.54, 1.807) is 6.07 Å². The van der Waals surface area contributed by atoms with Gasteiger partial charge in [0.1, 0.15) is 0 Å².